The lowest BCUT2D eigenvalue weighted by Gasteiger charge is -2.27. The van der Waals surface area contributed by atoms with E-state index in [1.165, 1.54) is 0 Å². The molecule has 0 radical (unpaired) electrons. The molecule has 2 aliphatic rings. The Kier molecular flexibility index (Phi) is 4.53. The van der Waals surface area contributed by atoms with E-state index in [9.17, 15) is 13.2 Å². The maximum Gasteiger partial charge on any atom is 0.136 e. The van der Waals surface area contributed by atoms with Gasteiger partial charge in [-0.1, -0.05) is 26.8 Å². The van der Waals surface area contributed by atoms with Crippen LogP contribution in [0.3, 0.4) is 0 Å². The van der Waals surface area contributed by atoms with E-state index in [1.54, 1.807) is 0 Å². The molecule has 3 rings (SSSR count). The highest BCUT2D eigenvalue weighted by Crippen LogP contribution is 2.42. The Morgan fingerprint density at radius 3 is 2.25 bits per heavy atom. The molecule has 20 heavy (non-hydrogen) atoms. The Hall–Kier alpha value is -1.29. The van der Waals surface area contributed by atoms with Crippen LogP contribution < -0.4 is 0 Å². The summed E-state index contributed by atoms with van der Waals surface area (Å²) in [6.07, 6.45) is 2.86. The van der Waals surface area contributed by atoms with Gasteiger partial charge in [0.25, 0.3) is 0 Å². The van der Waals surface area contributed by atoms with Crippen LogP contribution in [0, 0.1) is 23.4 Å². The fourth-order valence-corrected chi connectivity index (χ4v) is 3.17. The number of likely N-dealkylation sites (N-methyl/N-ethyl adjacent to an activating group) is 1. The molecule has 1 fully saturated rings. The maximum absolute atomic E-state index is 13.8. The third kappa shape index (κ3) is 2.49. The van der Waals surface area contributed by atoms with Crippen LogP contribution >= 0.6 is 0 Å². The van der Waals surface area contributed by atoms with E-state index < -0.39 is 17.5 Å². The van der Waals surface area contributed by atoms with Gasteiger partial charge in [-0.25, -0.2) is 13.2 Å². The van der Waals surface area contributed by atoms with E-state index in [-0.39, 0.29) is 11.6 Å². The summed E-state index contributed by atoms with van der Waals surface area (Å²) in [5.74, 6) is -2.11. The van der Waals surface area contributed by atoms with E-state index in [0.29, 0.717) is 11.5 Å². The lowest BCUT2D eigenvalue weighted by Crippen LogP contribution is -2.32. The van der Waals surface area contributed by atoms with Crippen molar-refractivity contribution in [3.05, 3.63) is 41.2 Å². The second-order valence-electron chi connectivity index (χ2n) is 4.97. The number of rotatable bonds is 2. The Bertz CT molecular complexity index is 501. The van der Waals surface area contributed by atoms with Gasteiger partial charge in [-0.2, -0.15) is 0 Å². The van der Waals surface area contributed by atoms with E-state index in [1.807, 2.05) is 26.8 Å². The highest BCUT2D eigenvalue weighted by Gasteiger charge is 2.40. The number of benzene rings is 1. The van der Waals surface area contributed by atoms with Gasteiger partial charge in [0.1, 0.15) is 17.5 Å². The minimum absolute atomic E-state index is 0.0537. The maximum atomic E-state index is 13.8. The molecule has 2 bridgehead atoms. The van der Waals surface area contributed by atoms with Crippen molar-refractivity contribution in [2.75, 3.05) is 13.1 Å². The van der Waals surface area contributed by atoms with E-state index in [0.717, 1.165) is 31.6 Å². The monoisotopic (exact) mass is 283 g/mol. The molecule has 110 valence electrons. The van der Waals surface area contributed by atoms with Gasteiger partial charge in [0, 0.05) is 24.7 Å². The van der Waals surface area contributed by atoms with Crippen LogP contribution in [0.4, 0.5) is 13.2 Å². The van der Waals surface area contributed by atoms with E-state index in [2.05, 4.69) is 4.90 Å². The molecule has 0 saturated carbocycles. The predicted molar refractivity (Wildman–Crippen MR) is 74.8 cm³/mol. The van der Waals surface area contributed by atoms with Gasteiger partial charge in [0.15, 0.2) is 0 Å². The standard InChI is InChI=1S/C14H14F3N.C2H6/c1-2-18-7-8-3-10(13(18)4-8)14-11(16)5-9(15)6-12(14)17;1-2/h3,5-6,8,13H,2,4,7H2,1H3;1-2H3. The SMILES string of the molecule is CC.CCN1CC2C=C(c3c(F)cc(F)cc3F)C1C2. The first-order valence-electron chi connectivity index (χ1n) is 7.20. The molecule has 1 nitrogen and oxygen atoms in total. The second kappa shape index (κ2) is 6.00. The first-order valence-corrected chi connectivity index (χ1v) is 7.20. The number of halogens is 3. The molecular formula is C16H20F3N. The van der Waals surface area contributed by atoms with Gasteiger partial charge in [0.2, 0.25) is 0 Å². The van der Waals surface area contributed by atoms with Crippen molar-refractivity contribution in [3.8, 4) is 0 Å². The molecule has 1 aliphatic heterocycles. The van der Waals surface area contributed by atoms with Gasteiger partial charge in [-0.05, 0) is 24.5 Å². The molecule has 0 N–H and O–H groups in total. The normalized spacial score (nSPS) is 24.4. The van der Waals surface area contributed by atoms with Crippen molar-refractivity contribution in [1.82, 2.24) is 4.90 Å². The average molecular weight is 283 g/mol. The molecule has 1 aromatic carbocycles. The number of hydrogen-bond donors (Lipinski definition) is 0. The smallest absolute Gasteiger partial charge is 0.136 e. The summed E-state index contributed by atoms with van der Waals surface area (Å²) in [5, 5.41) is 0. The van der Waals surface area contributed by atoms with Crippen molar-refractivity contribution in [2.24, 2.45) is 5.92 Å². The van der Waals surface area contributed by atoms with Crippen LogP contribution in [0.15, 0.2) is 18.2 Å². The Morgan fingerprint density at radius 2 is 1.75 bits per heavy atom. The van der Waals surface area contributed by atoms with Crippen molar-refractivity contribution in [2.45, 2.75) is 33.2 Å². The highest BCUT2D eigenvalue weighted by atomic mass is 19.1. The number of hydrogen-bond acceptors (Lipinski definition) is 1. The zero-order chi connectivity index (χ0) is 14.9. The molecule has 0 amide bonds. The van der Waals surface area contributed by atoms with Crippen LogP contribution in [0.2, 0.25) is 0 Å². The van der Waals surface area contributed by atoms with E-state index in [4.69, 9.17) is 0 Å². The Balaban J connectivity index is 0.000000704. The molecule has 0 aromatic heterocycles. The molecule has 2 atom stereocenters. The lowest BCUT2D eigenvalue weighted by molar-refractivity contribution is 0.301. The zero-order valence-electron chi connectivity index (χ0n) is 12.1. The van der Waals surface area contributed by atoms with Gasteiger partial charge >= 0.3 is 0 Å². The van der Waals surface area contributed by atoms with Crippen molar-refractivity contribution < 1.29 is 13.2 Å². The largest absolute Gasteiger partial charge is 0.296 e. The Labute approximate surface area is 118 Å². The second-order valence-corrected chi connectivity index (χ2v) is 4.97. The molecule has 4 heteroatoms. The topological polar surface area (TPSA) is 3.24 Å². The van der Waals surface area contributed by atoms with Gasteiger partial charge in [-0.3, -0.25) is 4.90 Å². The summed E-state index contributed by atoms with van der Waals surface area (Å²) < 4.78 is 40.5. The van der Waals surface area contributed by atoms with E-state index >= 15 is 0 Å². The summed E-state index contributed by atoms with van der Waals surface area (Å²) in [4.78, 5) is 2.21. The minimum Gasteiger partial charge on any atom is -0.296 e. The minimum atomic E-state index is -0.871. The summed E-state index contributed by atoms with van der Waals surface area (Å²) >= 11 is 0. The quantitative estimate of drug-likeness (QED) is 0.785. The molecule has 1 aromatic rings. The molecule has 1 aliphatic carbocycles. The summed E-state index contributed by atoms with van der Waals surface area (Å²) in [5.41, 5.74) is 0.630. The fourth-order valence-electron chi connectivity index (χ4n) is 3.17. The van der Waals surface area contributed by atoms with Gasteiger partial charge in [0.05, 0.1) is 5.56 Å². The third-order valence-corrected chi connectivity index (χ3v) is 3.91. The predicted octanol–water partition coefficient (Wildman–Crippen LogP) is 4.24. The molecule has 1 saturated heterocycles. The van der Waals surface area contributed by atoms with Crippen LogP contribution in [-0.2, 0) is 0 Å². The van der Waals surface area contributed by atoms with Crippen molar-refractivity contribution >= 4 is 5.57 Å². The third-order valence-electron chi connectivity index (χ3n) is 3.91. The Morgan fingerprint density at radius 1 is 1.15 bits per heavy atom. The summed E-state index contributed by atoms with van der Waals surface area (Å²) in [6, 6.07) is 1.58. The van der Waals surface area contributed by atoms with Crippen LogP contribution in [0.5, 0.6) is 0 Å². The van der Waals surface area contributed by atoms with Crippen LogP contribution in [0.1, 0.15) is 32.8 Å². The first-order chi connectivity index (χ1) is 9.60. The number of fused-ring (bicyclic) bond motifs is 2. The summed E-state index contributed by atoms with van der Waals surface area (Å²) in [6.45, 7) is 7.85. The molecule has 1 heterocycles. The number of likely N-dealkylation sites (tertiary alicyclic amines) is 1. The molecule has 2 unspecified atom stereocenters. The average Bonchev–Trinajstić information content (AvgIpc) is 2.99. The summed E-state index contributed by atoms with van der Waals surface area (Å²) in [7, 11) is 0. The highest BCUT2D eigenvalue weighted by molar-refractivity contribution is 5.74. The molecule has 0 spiro atoms. The van der Waals surface area contributed by atoms with Gasteiger partial charge < -0.3 is 0 Å². The van der Waals surface area contributed by atoms with Crippen molar-refractivity contribution in [1.29, 1.82) is 0 Å². The van der Waals surface area contributed by atoms with Crippen LogP contribution in [0.25, 0.3) is 5.57 Å². The first kappa shape index (κ1) is 15.1. The zero-order valence-corrected chi connectivity index (χ0v) is 12.1. The fraction of sp³-hybridized carbons (Fsp3) is 0.500. The lowest BCUT2D eigenvalue weighted by atomic mass is 9.99. The number of nitrogens with zero attached hydrogens (tertiary/aromatic N) is 1. The van der Waals surface area contributed by atoms with Crippen molar-refractivity contribution in [3.63, 3.8) is 0 Å². The molecular weight excluding hydrogens is 263 g/mol. The van der Waals surface area contributed by atoms with Gasteiger partial charge in [-0.15, -0.1) is 0 Å². The van der Waals surface area contributed by atoms with Crippen LogP contribution in [-0.4, -0.2) is 24.0 Å².